The van der Waals surface area contributed by atoms with Crippen molar-refractivity contribution in [1.29, 1.82) is 0 Å². The summed E-state index contributed by atoms with van der Waals surface area (Å²) in [6.45, 7) is 0. The van der Waals surface area contributed by atoms with E-state index in [-0.39, 0.29) is 5.75 Å². The van der Waals surface area contributed by atoms with Gasteiger partial charge in [-0.3, -0.25) is 4.98 Å². The van der Waals surface area contributed by atoms with E-state index < -0.39 is 9.05 Å². The molecule has 1 rings (SSSR count). The van der Waals surface area contributed by atoms with E-state index in [1.807, 2.05) is 0 Å². The molecule has 1 heterocycles. The van der Waals surface area contributed by atoms with E-state index in [4.69, 9.17) is 15.4 Å². The van der Waals surface area contributed by atoms with Crippen molar-refractivity contribution >= 4 is 19.7 Å². The highest BCUT2D eigenvalue weighted by molar-refractivity contribution is 8.13. The third-order valence-corrected chi connectivity index (χ3v) is 2.79. The molecule has 14 heavy (non-hydrogen) atoms. The Hall–Kier alpha value is -0.810. The van der Waals surface area contributed by atoms with Gasteiger partial charge in [0.15, 0.2) is 0 Å². The van der Waals surface area contributed by atoms with E-state index in [0.29, 0.717) is 17.9 Å². The first-order chi connectivity index (χ1) is 6.51. The van der Waals surface area contributed by atoms with Crippen molar-refractivity contribution in [1.82, 2.24) is 4.98 Å². The van der Waals surface area contributed by atoms with E-state index in [1.54, 1.807) is 19.2 Å². The lowest BCUT2D eigenvalue weighted by molar-refractivity contribution is 0.412. The lowest BCUT2D eigenvalue weighted by Gasteiger charge is -2.00. The largest absolute Gasteiger partial charge is 0.495 e. The number of hydrogen-bond acceptors (Lipinski definition) is 4. The van der Waals surface area contributed by atoms with Gasteiger partial charge in [-0.15, -0.1) is 0 Å². The highest BCUT2D eigenvalue weighted by atomic mass is 35.7. The molecule has 0 amide bonds. The van der Waals surface area contributed by atoms with Gasteiger partial charge in [0.2, 0.25) is 9.05 Å². The molecule has 0 saturated heterocycles. The highest BCUT2D eigenvalue weighted by Gasteiger charge is 2.06. The monoisotopic (exact) mass is 235 g/mol. The molecule has 1 aromatic rings. The third kappa shape index (κ3) is 3.93. The molecule has 4 nitrogen and oxygen atoms in total. The molecule has 0 fully saturated rings. The van der Waals surface area contributed by atoms with Crippen molar-refractivity contribution in [2.45, 2.75) is 6.42 Å². The van der Waals surface area contributed by atoms with Crippen LogP contribution in [-0.2, 0) is 15.5 Å². The summed E-state index contributed by atoms with van der Waals surface area (Å²) in [6.07, 6.45) is 1.85. The standard InChI is InChI=1S/C8H10ClNO3S/c1-13-8-3-2-7(10-6-8)4-5-14(9,11)12/h2-3,6H,4-5H2,1H3. The molecular formula is C8H10ClNO3S. The first-order valence-electron chi connectivity index (χ1n) is 3.92. The summed E-state index contributed by atoms with van der Waals surface area (Å²) < 4.78 is 26.2. The minimum atomic E-state index is -3.44. The Bertz CT molecular complexity index is 388. The molecule has 0 spiro atoms. The lowest BCUT2D eigenvalue weighted by Crippen LogP contribution is -2.02. The molecule has 0 bridgehead atoms. The van der Waals surface area contributed by atoms with E-state index >= 15 is 0 Å². The molecule has 78 valence electrons. The first-order valence-corrected chi connectivity index (χ1v) is 6.40. The molecule has 0 aliphatic heterocycles. The van der Waals surface area contributed by atoms with E-state index in [9.17, 15) is 8.42 Å². The third-order valence-electron chi connectivity index (χ3n) is 1.64. The van der Waals surface area contributed by atoms with Crippen LogP contribution < -0.4 is 4.74 Å². The summed E-state index contributed by atoms with van der Waals surface area (Å²) in [7, 11) is 3.17. The van der Waals surface area contributed by atoms with Crippen molar-refractivity contribution in [2.75, 3.05) is 12.9 Å². The number of methoxy groups -OCH3 is 1. The summed E-state index contributed by atoms with van der Waals surface area (Å²) in [5.74, 6) is 0.538. The molecule has 0 atom stereocenters. The minimum Gasteiger partial charge on any atom is -0.495 e. The molecule has 6 heteroatoms. The van der Waals surface area contributed by atoms with Gasteiger partial charge >= 0.3 is 0 Å². The summed E-state index contributed by atoms with van der Waals surface area (Å²) >= 11 is 0. The Kier molecular flexibility index (Phi) is 3.71. The molecule has 0 N–H and O–H groups in total. The molecule has 0 radical (unpaired) electrons. The SMILES string of the molecule is COc1ccc(CCS(=O)(=O)Cl)nc1. The van der Waals surface area contributed by atoms with Crippen molar-refractivity contribution in [3.05, 3.63) is 24.0 Å². The summed E-state index contributed by atoms with van der Waals surface area (Å²) in [5.41, 5.74) is 0.676. The Morgan fingerprint density at radius 2 is 2.21 bits per heavy atom. The maximum absolute atomic E-state index is 10.6. The maximum Gasteiger partial charge on any atom is 0.232 e. The van der Waals surface area contributed by atoms with Crippen LogP contribution >= 0.6 is 10.7 Å². The van der Waals surface area contributed by atoms with Gasteiger partial charge in [-0.1, -0.05) is 0 Å². The zero-order chi connectivity index (χ0) is 10.6. The Morgan fingerprint density at radius 3 is 2.64 bits per heavy atom. The number of halogens is 1. The number of ether oxygens (including phenoxy) is 1. The van der Waals surface area contributed by atoms with Gasteiger partial charge in [0.05, 0.1) is 19.1 Å². The zero-order valence-corrected chi connectivity index (χ0v) is 9.18. The average molecular weight is 236 g/mol. The van der Waals surface area contributed by atoms with Crippen LogP contribution in [0, 0.1) is 0 Å². The Labute approximate surface area is 87.3 Å². The number of hydrogen-bond donors (Lipinski definition) is 0. The summed E-state index contributed by atoms with van der Waals surface area (Å²) in [4.78, 5) is 4.00. The van der Waals surface area contributed by atoms with Crippen molar-refractivity contribution in [3.63, 3.8) is 0 Å². The first kappa shape index (κ1) is 11.3. The molecule has 1 aromatic heterocycles. The Morgan fingerprint density at radius 1 is 1.50 bits per heavy atom. The van der Waals surface area contributed by atoms with Crippen LogP contribution in [0.4, 0.5) is 0 Å². The predicted molar refractivity (Wildman–Crippen MR) is 54.1 cm³/mol. The van der Waals surface area contributed by atoms with Crippen LogP contribution in [0.25, 0.3) is 0 Å². The molecular weight excluding hydrogens is 226 g/mol. The number of aryl methyl sites for hydroxylation is 1. The van der Waals surface area contributed by atoms with E-state index in [2.05, 4.69) is 4.98 Å². The van der Waals surface area contributed by atoms with Crippen molar-refractivity contribution in [2.24, 2.45) is 0 Å². The van der Waals surface area contributed by atoms with Crippen LogP contribution in [0.1, 0.15) is 5.69 Å². The molecule has 0 unspecified atom stereocenters. The summed E-state index contributed by atoms with van der Waals surface area (Å²) in [6, 6.07) is 3.43. The average Bonchev–Trinajstić information content (AvgIpc) is 2.14. The Balaban J connectivity index is 2.61. The zero-order valence-electron chi connectivity index (χ0n) is 7.60. The molecule has 0 saturated carbocycles. The highest BCUT2D eigenvalue weighted by Crippen LogP contribution is 2.09. The van der Waals surface area contributed by atoms with Gasteiger partial charge in [0, 0.05) is 22.8 Å². The molecule has 0 aromatic carbocycles. The fourth-order valence-corrected chi connectivity index (χ4v) is 1.59. The maximum atomic E-state index is 10.6. The van der Waals surface area contributed by atoms with Crippen LogP contribution in [-0.4, -0.2) is 26.3 Å². The predicted octanol–water partition coefficient (Wildman–Crippen LogP) is 1.20. The van der Waals surface area contributed by atoms with Crippen LogP contribution in [0.2, 0.25) is 0 Å². The van der Waals surface area contributed by atoms with Gasteiger partial charge in [-0.25, -0.2) is 8.42 Å². The summed E-state index contributed by atoms with van der Waals surface area (Å²) in [5, 5.41) is 0. The van der Waals surface area contributed by atoms with Gasteiger partial charge in [-0.05, 0) is 12.1 Å². The van der Waals surface area contributed by atoms with Gasteiger partial charge in [0.1, 0.15) is 5.75 Å². The lowest BCUT2D eigenvalue weighted by atomic mass is 10.3. The second-order valence-corrected chi connectivity index (χ2v) is 5.58. The number of nitrogens with zero attached hydrogens (tertiary/aromatic N) is 1. The topological polar surface area (TPSA) is 56.3 Å². The second-order valence-electron chi connectivity index (χ2n) is 2.68. The van der Waals surface area contributed by atoms with Crippen molar-refractivity contribution < 1.29 is 13.2 Å². The molecule has 0 aliphatic rings. The van der Waals surface area contributed by atoms with Gasteiger partial charge < -0.3 is 4.74 Å². The van der Waals surface area contributed by atoms with Crippen LogP contribution in [0.3, 0.4) is 0 Å². The van der Waals surface area contributed by atoms with Crippen LogP contribution in [0.5, 0.6) is 5.75 Å². The smallest absolute Gasteiger partial charge is 0.232 e. The van der Waals surface area contributed by atoms with Gasteiger partial charge in [0.25, 0.3) is 0 Å². The quantitative estimate of drug-likeness (QED) is 0.736. The van der Waals surface area contributed by atoms with E-state index in [0.717, 1.165) is 0 Å². The number of aromatic nitrogens is 1. The van der Waals surface area contributed by atoms with Crippen molar-refractivity contribution in [3.8, 4) is 5.75 Å². The van der Waals surface area contributed by atoms with Gasteiger partial charge in [-0.2, -0.15) is 0 Å². The van der Waals surface area contributed by atoms with Crippen LogP contribution in [0.15, 0.2) is 18.3 Å². The second kappa shape index (κ2) is 4.61. The number of rotatable bonds is 4. The van der Waals surface area contributed by atoms with E-state index in [1.165, 1.54) is 6.20 Å². The number of pyridine rings is 1. The minimum absolute atomic E-state index is 0.103. The molecule has 0 aliphatic carbocycles. The fourth-order valence-electron chi connectivity index (χ4n) is 0.906. The fraction of sp³-hybridized carbons (Fsp3) is 0.375. The normalized spacial score (nSPS) is 11.3.